The lowest BCUT2D eigenvalue weighted by Crippen LogP contribution is -2.39. The molecular weight excluding hydrogens is 412 g/mol. The van der Waals surface area contributed by atoms with E-state index < -0.39 is 6.10 Å². The Labute approximate surface area is 196 Å². The van der Waals surface area contributed by atoms with Crippen LogP contribution in [0.5, 0.6) is 5.75 Å². The van der Waals surface area contributed by atoms with Gasteiger partial charge in [0.25, 0.3) is 11.8 Å². The van der Waals surface area contributed by atoms with E-state index in [9.17, 15) is 9.59 Å². The van der Waals surface area contributed by atoms with Crippen molar-refractivity contribution in [3.05, 3.63) is 95.6 Å². The summed E-state index contributed by atoms with van der Waals surface area (Å²) in [5.74, 6) is 0.631. The quantitative estimate of drug-likeness (QED) is 0.493. The summed E-state index contributed by atoms with van der Waals surface area (Å²) in [5, 5.41) is 2.96. The lowest BCUT2D eigenvalue weighted by Gasteiger charge is -2.24. The van der Waals surface area contributed by atoms with Gasteiger partial charge in [0.1, 0.15) is 5.75 Å². The SMILES string of the molecule is CC(Oc1ccc(C(C)C)cc1)C(=O)N(C)c1ccccc1C(=O)NCCc1ccccc1. The van der Waals surface area contributed by atoms with Gasteiger partial charge in [0, 0.05) is 13.6 Å². The smallest absolute Gasteiger partial charge is 0.267 e. The molecule has 3 aromatic carbocycles. The largest absolute Gasteiger partial charge is 0.481 e. The van der Waals surface area contributed by atoms with Crippen molar-refractivity contribution >= 4 is 17.5 Å². The Morgan fingerprint density at radius 2 is 1.52 bits per heavy atom. The fraction of sp³-hybridized carbons (Fsp3) is 0.286. The average molecular weight is 445 g/mol. The molecule has 0 saturated heterocycles. The number of carbonyl (C=O) groups is 2. The van der Waals surface area contributed by atoms with Gasteiger partial charge in [-0.2, -0.15) is 0 Å². The molecule has 0 aromatic heterocycles. The second-order valence-electron chi connectivity index (χ2n) is 8.39. The average Bonchev–Trinajstić information content (AvgIpc) is 2.84. The molecule has 1 atom stereocenters. The van der Waals surface area contributed by atoms with Gasteiger partial charge >= 0.3 is 0 Å². The van der Waals surface area contributed by atoms with Crippen molar-refractivity contribution in [2.24, 2.45) is 0 Å². The summed E-state index contributed by atoms with van der Waals surface area (Å²) in [5.41, 5.74) is 3.37. The Bertz CT molecular complexity index is 1060. The first-order valence-corrected chi connectivity index (χ1v) is 11.3. The maximum absolute atomic E-state index is 13.1. The maximum Gasteiger partial charge on any atom is 0.267 e. The predicted molar refractivity (Wildman–Crippen MR) is 133 cm³/mol. The molecule has 1 N–H and O–H groups in total. The maximum atomic E-state index is 13.1. The number of benzene rings is 3. The van der Waals surface area contributed by atoms with Crippen molar-refractivity contribution in [3.63, 3.8) is 0 Å². The molecule has 5 heteroatoms. The summed E-state index contributed by atoms with van der Waals surface area (Å²) in [4.78, 5) is 27.4. The van der Waals surface area contributed by atoms with Gasteiger partial charge in [-0.1, -0.05) is 68.4 Å². The van der Waals surface area contributed by atoms with E-state index >= 15 is 0 Å². The standard InChI is InChI=1S/C28H32N2O3/c1-20(2)23-14-16-24(17-15-23)33-21(3)28(32)30(4)26-13-9-8-12-25(26)27(31)29-19-18-22-10-6-5-7-11-22/h5-17,20-21H,18-19H2,1-4H3,(H,29,31). The molecule has 3 aromatic rings. The van der Waals surface area contributed by atoms with E-state index in [4.69, 9.17) is 4.74 Å². The van der Waals surface area contributed by atoms with E-state index in [2.05, 4.69) is 19.2 Å². The van der Waals surface area contributed by atoms with Crippen LogP contribution in [0.3, 0.4) is 0 Å². The minimum atomic E-state index is -0.700. The van der Waals surface area contributed by atoms with Crippen molar-refractivity contribution in [1.29, 1.82) is 0 Å². The Morgan fingerprint density at radius 1 is 0.879 bits per heavy atom. The van der Waals surface area contributed by atoms with E-state index in [0.29, 0.717) is 29.5 Å². The Hall–Kier alpha value is -3.60. The Kier molecular flexibility index (Phi) is 8.25. The molecule has 172 valence electrons. The fourth-order valence-electron chi connectivity index (χ4n) is 3.60. The van der Waals surface area contributed by atoms with E-state index in [1.165, 1.54) is 10.5 Å². The summed E-state index contributed by atoms with van der Waals surface area (Å²) in [6.07, 6.45) is 0.0402. The van der Waals surface area contributed by atoms with Crippen LogP contribution in [0.2, 0.25) is 0 Å². The number of likely N-dealkylation sites (N-methyl/N-ethyl adjacent to an activating group) is 1. The van der Waals surface area contributed by atoms with Crippen LogP contribution in [-0.4, -0.2) is 31.5 Å². The number of anilines is 1. The molecule has 0 aliphatic rings. The zero-order valence-electron chi connectivity index (χ0n) is 19.7. The molecule has 0 aliphatic heterocycles. The number of carbonyl (C=O) groups excluding carboxylic acids is 2. The van der Waals surface area contributed by atoms with Gasteiger partial charge in [-0.25, -0.2) is 0 Å². The number of ether oxygens (including phenoxy) is 1. The molecule has 0 radical (unpaired) electrons. The van der Waals surface area contributed by atoms with E-state index in [-0.39, 0.29) is 11.8 Å². The number of hydrogen-bond donors (Lipinski definition) is 1. The molecule has 0 bridgehead atoms. The normalized spacial score (nSPS) is 11.7. The van der Waals surface area contributed by atoms with Gasteiger partial charge in [-0.15, -0.1) is 0 Å². The molecule has 0 aliphatic carbocycles. The molecule has 1 unspecified atom stereocenters. The molecule has 5 nitrogen and oxygen atoms in total. The number of nitrogens with one attached hydrogen (secondary N) is 1. The summed E-state index contributed by atoms with van der Waals surface area (Å²) < 4.78 is 5.88. The highest BCUT2D eigenvalue weighted by Crippen LogP contribution is 2.23. The molecule has 2 amide bonds. The molecule has 0 spiro atoms. The third-order valence-corrected chi connectivity index (χ3v) is 5.59. The highest BCUT2D eigenvalue weighted by atomic mass is 16.5. The highest BCUT2D eigenvalue weighted by molar-refractivity contribution is 6.05. The first-order valence-electron chi connectivity index (χ1n) is 11.3. The van der Waals surface area contributed by atoms with Gasteiger partial charge < -0.3 is 15.0 Å². The first kappa shape index (κ1) is 24.1. The zero-order valence-corrected chi connectivity index (χ0v) is 19.7. The topological polar surface area (TPSA) is 58.6 Å². The summed E-state index contributed by atoms with van der Waals surface area (Å²) in [6.45, 7) is 6.50. The van der Waals surface area contributed by atoms with Crippen molar-refractivity contribution < 1.29 is 14.3 Å². The van der Waals surface area contributed by atoms with Crippen LogP contribution in [0.15, 0.2) is 78.9 Å². The van der Waals surface area contributed by atoms with Crippen molar-refractivity contribution in [1.82, 2.24) is 5.32 Å². The van der Waals surface area contributed by atoms with Crippen molar-refractivity contribution in [2.45, 2.75) is 39.2 Å². The molecule has 0 saturated carbocycles. The van der Waals surface area contributed by atoms with Crippen LogP contribution < -0.4 is 15.0 Å². The number of nitrogens with zero attached hydrogens (tertiary/aromatic N) is 1. The molecule has 0 fully saturated rings. The minimum Gasteiger partial charge on any atom is -0.481 e. The number of amides is 2. The third-order valence-electron chi connectivity index (χ3n) is 5.59. The fourth-order valence-corrected chi connectivity index (χ4v) is 3.60. The lowest BCUT2D eigenvalue weighted by atomic mass is 10.0. The van der Waals surface area contributed by atoms with Gasteiger partial charge in [0.05, 0.1) is 11.3 Å². The monoisotopic (exact) mass is 444 g/mol. The van der Waals surface area contributed by atoms with Gasteiger partial charge in [-0.3, -0.25) is 9.59 Å². The van der Waals surface area contributed by atoms with Crippen LogP contribution in [0.1, 0.15) is 48.2 Å². The number of rotatable bonds is 9. The zero-order chi connectivity index (χ0) is 23.8. The van der Waals surface area contributed by atoms with E-state index in [1.54, 1.807) is 32.2 Å². The summed E-state index contributed by atoms with van der Waals surface area (Å²) in [7, 11) is 1.67. The number of para-hydroxylation sites is 1. The van der Waals surface area contributed by atoms with E-state index in [1.807, 2.05) is 60.7 Å². The van der Waals surface area contributed by atoms with Crippen LogP contribution in [0.4, 0.5) is 5.69 Å². The summed E-state index contributed by atoms with van der Waals surface area (Å²) in [6, 6.07) is 24.9. The van der Waals surface area contributed by atoms with Crippen LogP contribution in [0.25, 0.3) is 0 Å². The minimum absolute atomic E-state index is 0.209. The van der Waals surface area contributed by atoms with Crippen molar-refractivity contribution in [2.75, 3.05) is 18.5 Å². The van der Waals surface area contributed by atoms with Gasteiger partial charge in [-0.05, 0) is 54.7 Å². The third kappa shape index (κ3) is 6.45. The second-order valence-corrected chi connectivity index (χ2v) is 8.39. The van der Waals surface area contributed by atoms with Gasteiger partial charge in [0.2, 0.25) is 0 Å². The molecule has 3 rings (SSSR count). The Morgan fingerprint density at radius 3 is 2.18 bits per heavy atom. The molecule has 0 heterocycles. The highest BCUT2D eigenvalue weighted by Gasteiger charge is 2.24. The van der Waals surface area contributed by atoms with Crippen LogP contribution in [0, 0.1) is 0 Å². The summed E-state index contributed by atoms with van der Waals surface area (Å²) >= 11 is 0. The van der Waals surface area contributed by atoms with Crippen molar-refractivity contribution in [3.8, 4) is 5.75 Å². The lowest BCUT2D eigenvalue weighted by molar-refractivity contribution is -0.124. The van der Waals surface area contributed by atoms with Gasteiger partial charge in [0.15, 0.2) is 6.10 Å². The van der Waals surface area contributed by atoms with Crippen LogP contribution >= 0.6 is 0 Å². The molecular formula is C28H32N2O3. The first-order chi connectivity index (χ1) is 15.9. The second kappa shape index (κ2) is 11.3. The van der Waals surface area contributed by atoms with Crippen LogP contribution in [-0.2, 0) is 11.2 Å². The molecule has 33 heavy (non-hydrogen) atoms. The predicted octanol–water partition coefficient (Wildman–Crippen LogP) is 5.21. The number of hydrogen-bond acceptors (Lipinski definition) is 3. The Balaban J connectivity index is 1.64. The van der Waals surface area contributed by atoms with E-state index in [0.717, 1.165) is 12.0 Å².